The average Bonchev–Trinajstić information content (AvgIpc) is 2.84. The van der Waals surface area contributed by atoms with Crippen molar-refractivity contribution >= 4 is 23.6 Å². The van der Waals surface area contributed by atoms with E-state index in [2.05, 4.69) is 10.6 Å². The molecule has 1 fully saturated rings. The summed E-state index contributed by atoms with van der Waals surface area (Å²) in [6, 6.07) is 15.7. The molecule has 182 valence electrons. The number of ether oxygens (including phenoxy) is 2. The van der Waals surface area contributed by atoms with Crippen molar-refractivity contribution in [1.29, 1.82) is 0 Å². The van der Waals surface area contributed by atoms with E-state index in [-0.39, 0.29) is 36.4 Å². The molecule has 0 aliphatic carbocycles. The van der Waals surface area contributed by atoms with Crippen molar-refractivity contribution in [2.75, 3.05) is 25.5 Å². The molecule has 2 N–H and O–H groups in total. The molecule has 3 amide bonds. The molecular weight excluding hydrogens is 434 g/mol. The first-order chi connectivity index (χ1) is 16.4. The SMILES string of the molecule is COc1ccc([C@@H](CC(=O)OC(C)C)NC(=O)[C@H]2CCCN(C(=O)Nc3ccccc3)C2)cc1. The van der Waals surface area contributed by atoms with Crippen molar-refractivity contribution in [1.82, 2.24) is 10.2 Å². The van der Waals surface area contributed by atoms with Gasteiger partial charge in [0.2, 0.25) is 5.91 Å². The molecule has 34 heavy (non-hydrogen) atoms. The lowest BCUT2D eigenvalue weighted by Gasteiger charge is -2.33. The van der Waals surface area contributed by atoms with E-state index in [1.165, 1.54) is 0 Å². The fourth-order valence-electron chi connectivity index (χ4n) is 3.96. The van der Waals surface area contributed by atoms with Crippen molar-refractivity contribution < 1.29 is 23.9 Å². The summed E-state index contributed by atoms with van der Waals surface area (Å²) < 4.78 is 10.5. The molecule has 0 spiro atoms. The number of carbonyl (C=O) groups excluding carboxylic acids is 3. The summed E-state index contributed by atoms with van der Waals surface area (Å²) in [4.78, 5) is 39.9. The van der Waals surface area contributed by atoms with E-state index in [1.807, 2.05) is 42.5 Å². The van der Waals surface area contributed by atoms with E-state index < -0.39 is 6.04 Å². The second kappa shape index (κ2) is 12.1. The van der Waals surface area contributed by atoms with Crippen molar-refractivity contribution in [3.63, 3.8) is 0 Å². The van der Waals surface area contributed by atoms with Gasteiger partial charge in [-0.05, 0) is 56.5 Å². The Kier molecular flexibility index (Phi) is 8.90. The van der Waals surface area contributed by atoms with Crippen LogP contribution in [-0.4, -0.2) is 49.1 Å². The monoisotopic (exact) mass is 467 g/mol. The van der Waals surface area contributed by atoms with E-state index >= 15 is 0 Å². The highest BCUT2D eigenvalue weighted by Gasteiger charge is 2.30. The van der Waals surface area contributed by atoms with Crippen LogP contribution in [0.4, 0.5) is 10.5 Å². The van der Waals surface area contributed by atoms with Crippen LogP contribution in [0.5, 0.6) is 5.75 Å². The van der Waals surface area contributed by atoms with Gasteiger partial charge in [0.15, 0.2) is 0 Å². The van der Waals surface area contributed by atoms with Crippen LogP contribution in [0.25, 0.3) is 0 Å². The number of urea groups is 1. The average molecular weight is 468 g/mol. The van der Waals surface area contributed by atoms with Gasteiger partial charge in [-0.25, -0.2) is 4.79 Å². The number of methoxy groups -OCH3 is 1. The number of para-hydroxylation sites is 1. The number of hydrogen-bond acceptors (Lipinski definition) is 5. The van der Waals surface area contributed by atoms with Crippen LogP contribution in [0.3, 0.4) is 0 Å². The molecule has 3 rings (SSSR count). The third-order valence-electron chi connectivity index (χ3n) is 5.68. The van der Waals surface area contributed by atoms with E-state index in [1.54, 1.807) is 38.0 Å². The van der Waals surface area contributed by atoms with Crippen molar-refractivity contribution in [3.8, 4) is 5.75 Å². The molecular formula is C26H33N3O5. The van der Waals surface area contributed by atoms with Crippen LogP contribution in [0, 0.1) is 5.92 Å². The molecule has 0 saturated carbocycles. The van der Waals surface area contributed by atoms with Crippen LogP contribution in [-0.2, 0) is 14.3 Å². The van der Waals surface area contributed by atoms with Crippen molar-refractivity contribution in [2.24, 2.45) is 5.92 Å². The molecule has 2 aromatic rings. The maximum atomic E-state index is 13.2. The lowest BCUT2D eigenvalue weighted by Crippen LogP contribution is -2.47. The molecule has 2 atom stereocenters. The van der Waals surface area contributed by atoms with Gasteiger partial charge in [-0.3, -0.25) is 9.59 Å². The summed E-state index contributed by atoms with van der Waals surface area (Å²) >= 11 is 0. The Balaban J connectivity index is 1.66. The fourth-order valence-corrected chi connectivity index (χ4v) is 3.96. The highest BCUT2D eigenvalue weighted by atomic mass is 16.5. The van der Waals surface area contributed by atoms with Gasteiger partial charge in [-0.1, -0.05) is 30.3 Å². The van der Waals surface area contributed by atoms with Crippen LogP contribution in [0.2, 0.25) is 0 Å². The first-order valence-electron chi connectivity index (χ1n) is 11.6. The number of rotatable bonds is 8. The number of esters is 1. The van der Waals surface area contributed by atoms with Gasteiger partial charge < -0.3 is 25.0 Å². The predicted octanol–water partition coefficient (Wildman–Crippen LogP) is 4.14. The Morgan fingerprint density at radius 2 is 1.76 bits per heavy atom. The minimum absolute atomic E-state index is 0.0151. The molecule has 0 aromatic heterocycles. The van der Waals surface area contributed by atoms with Gasteiger partial charge in [-0.15, -0.1) is 0 Å². The maximum Gasteiger partial charge on any atom is 0.321 e. The number of anilines is 1. The molecule has 0 unspecified atom stereocenters. The van der Waals surface area contributed by atoms with Crippen molar-refractivity contribution in [3.05, 3.63) is 60.2 Å². The summed E-state index contributed by atoms with van der Waals surface area (Å²) in [6.07, 6.45) is 1.17. The maximum absolute atomic E-state index is 13.2. The van der Waals surface area contributed by atoms with Crippen LogP contribution < -0.4 is 15.4 Å². The number of nitrogens with zero attached hydrogens (tertiary/aromatic N) is 1. The third kappa shape index (κ3) is 7.23. The number of hydrogen-bond donors (Lipinski definition) is 2. The first kappa shape index (κ1) is 25.1. The molecule has 0 radical (unpaired) electrons. The molecule has 1 aliphatic heterocycles. The second-order valence-corrected chi connectivity index (χ2v) is 8.66. The Bertz CT molecular complexity index is 962. The second-order valence-electron chi connectivity index (χ2n) is 8.66. The van der Waals surface area contributed by atoms with E-state index in [0.29, 0.717) is 30.9 Å². The molecule has 0 bridgehead atoms. The Morgan fingerprint density at radius 1 is 1.06 bits per heavy atom. The fraction of sp³-hybridized carbons (Fsp3) is 0.423. The predicted molar refractivity (Wildman–Crippen MR) is 129 cm³/mol. The van der Waals surface area contributed by atoms with Crippen molar-refractivity contribution in [2.45, 2.75) is 45.3 Å². The number of amides is 3. The van der Waals surface area contributed by atoms with Gasteiger partial charge in [0.1, 0.15) is 5.75 Å². The van der Waals surface area contributed by atoms with E-state index in [0.717, 1.165) is 12.0 Å². The number of carbonyl (C=O) groups is 3. The summed E-state index contributed by atoms with van der Waals surface area (Å²) in [5, 5.41) is 5.89. The highest BCUT2D eigenvalue weighted by Crippen LogP contribution is 2.24. The van der Waals surface area contributed by atoms with Gasteiger partial charge in [0.05, 0.1) is 31.6 Å². The van der Waals surface area contributed by atoms with E-state index in [4.69, 9.17) is 9.47 Å². The quantitative estimate of drug-likeness (QED) is 0.569. The van der Waals surface area contributed by atoms with Gasteiger partial charge in [-0.2, -0.15) is 0 Å². The molecule has 1 saturated heterocycles. The first-order valence-corrected chi connectivity index (χ1v) is 11.6. The summed E-state index contributed by atoms with van der Waals surface area (Å²) in [6.45, 7) is 4.48. The smallest absolute Gasteiger partial charge is 0.321 e. The molecule has 1 aliphatic rings. The minimum Gasteiger partial charge on any atom is -0.497 e. The third-order valence-corrected chi connectivity index (χ3v) is 5.68. The summed E-state index contributed by atoms with van der Waals surface area (Å²) in [5.41, 5.74) is 1.49. The molecule has 2 aromatic carbocycles. The largest absolute Gasteiger partial charge is 0.497 e. The summed E-state index contributed by atoms with van der Waals surface area (Å²) in [5.74, 6) is -0.248. The van der Waals surface area contributed by atoms with Crippen LogP contribution in [0.15, 0.2) is 54.6 Å². The van der Waals surface area contributed by atoms with Gasteiger partial charge in [0, 0.05) is 18.8 Å². The van der Waals surface area contributed by atoms with Gasteiger partial charge >= 0.3 is 12.0 Å². The zero-order valence-corrected chi connectivity index (χ0v) is 20.0. The molecule has 8 heteroatoms. The Morgan fingerprint density at radius 3 is 2.41 bits per heavy atom. The Hall–Kier alpha value is -3.55. The highest BCUT2D eigenvalue weighted by molar-refractivity contribution is 5.90. The number of nitrogens with one attached hydrogen (secondary N) is 2. The number of piperidine rings is 1. The molecule has 8 nitrogen and oxygen atoms in total. The zero-order chi connectivity index (χ0) is 24.5. The van der Waals surface area contributed by atoms with Crippen LogP contribution in [0.1, 0.15) is 44.7 Å². The lowest BCUT2D eigenvalue weighted by molar-refractivity contribution is -0.148. The topological polar surface area (TPSA) is 97.0 Å². The zero-order valence-electron chi connectivity index (χ0n) is 20.0. The van der Waals surface area contributed by atoms with Gasteiger partial charge in [0.25, 0.3) is 0 Å². The number of benzene rings is 2. The Labute approximate surface area is 200 Å². The minimum atomic E-state index is -0.543. The normalized spacial score (nSPS) is 16.5. The van der Waals surface area contributed by atoms with E-state index in [9.17, 15) is 14.4 Å². The number of likely N-dealkylation sites (tertiary alicyclic amines) is 1. The summed E-state index contributed by atoms with van der Waals surface area (Å²) in [7, 11) is 1.58. The standard InChI is InChI=1S/C26H33N3O5/c1-18(2)34-24(30)16-23(19-11-13-22(33-3)14-12-19)28-25(31)20-8-7-15-29(17-20)26(32)27-21-9-5-4-6-10-21/h4-6,9-14,18,20,23H,7-8,15-17H2,1-3H3,(H,27,32)(H,28,31)/t20-,23+/m0/s1. The lowest BCUT2D eigenvalue weighted by atomic mass is 9.95. The van der Waals surface area contributed by atoms with Crippen LogP contribution >= 0.6 is 0 Å². The molecule has 1 heterocycles.